The molecule has 1 aliphatic heterocycles. The van der Waals surface area contributed by atoms with Gasteiger partial charge in [0.25, 0.3) is 0 Å². The summed E-state index contributed by atoms with van der Waals surface area (Å²) in [5, 5.41) is 12.1. The number of nitrogens with zero attached hydrogens (tertiary/aromatic N) is 1. The zero-order chi connectivity index (χ0) is 14.6. The number of rotatable bonds is 3. The van der Waals surface area contributed by atoms with E-state index in [1.54, 1.807) is 19.1 Å². The maximum Gasteiger partial charge on any atom is 0.241 e. The predicted octanol–water partition coefficient (Wildman–Crippen LogP) is 1.29. The van der Waals surface area contributed by atoms with Crippen LogP contribution < -0.4 is 10.0 Å². The van der Waals surface area contributed by atoms with Gasteiger partial charge in [-0.25, -0.2) is 13.1 Å². The van der Waals surface area contributed by atoms with E-state index in [2.05, 4.69) is 10.0 Å². The first-order chi connectivity index (χ1) is 9.53. The van der Waals surface area contributed by atoms with Crippen LogP contribution in [-0.2, 0) is 10.0 Å². The number of hydrogen-bond donors (Lipinski definition) is 2. The van der Waals surface area contributed by atoms with Crippen molar-refractivity contribution in [1.82, 2.24) is 10.0 Å². The summed E-state index contributed by atoms with van der Waals surface area (Å²) in [6.07, 6.45) is 2.92. The molecule has 1 aliphatic rings. The molecule has 0 aromatic heterocycles. The van der Waals surface area contributed by atoms with E-state index in [9.17, 15) is 8.42 Å². The lowest BCUT2D eigenvalue weighted by atomic mass is 10.2. The summed E-state index contributed by atoms with van der Waals surface area (Å²) in [5.41, 5.74) is 1.01. The molecule has 0 radical (unpaired) electrons. The fourth-order valence-electron chi connectivity index (χ4n) is 2.36. The lowest BCUT2D eigenvalue weighted by Gasteiger charge is -2.17. The third kappa shape index (κ3) is 3.57. The van der Waals surface area contributed by atoms with E-state index in [4.69, 9.17) is 5.26 Å². The fraction of sp³-hybridized carbons (Fsp3) is 0.500. The van der Waals surface area contributed by atoms with Crippen molar-refractivity contribution in [2.24, 2.45) is 0 Å². The van der Waals surface area contributed by atoms with Crippen molar-refractivity contribution in [3.8, 4) is 6.07 Å². The first-order valence-corrected chi connectivity index (χ1v) is 8.25. The summed E-state index contributed by atoms with van der Waals surface area (Å²) in [6.45, 7) is 3.32. The molecule has 1 heterocycles. The summed E-state index contributed by atoms with van der Waals surface area (Å²) < 4.78 is 27.7. The van der Waals surface area contributed by atoms with E-state index < -0.39 is 10.0 Å². The van der Waals surface area contributed by atoms with Gasteiger partial charge in [-0.15, -0.1) is 0 Å². The van der Waals surface area contributed by atoms with Gasteiger partial charge in [-0.3, -0.25) is 0 Å². The van der Waals surface area contributed by atoms with Crippen LogP contribution in [0.2, 0.25) is 0 Å². The molecule has 1 fully saturated rings. The average Bonchev–Trinajstić information content (AvgIpc) is 2.67. The molecule has 108 valence electrons. The molecule has 0 amide bonds. The second-order valence-electron chi connectivity index (χ2n) is 5.11. The van der Waals surface area contributed by atoms with Crippen LogP contribution >= 0.6 is 0 Å². The van der Waals surface area contributed by atoms with E-state index in [-0.39, 0.29) is 10.9 Å². The molecular weight excluding hydrogens is 274 g/mol. The van der Waals surface area contributed by atoms with Crippen molar-refractivity contribution >= 4 is 10.0 Å². The Bertz CT molecular complexity index is 612. The van der Waals surface area contributed by atoms with Crippen LogP contribution in [0.15, 0.2) is 23.1 Å². The highest BCUT2D eigenvalue weighted by Crippen LogP contribution is 2.18. The Balaban J connectivity index is 2.23. The van der Waals surface area contributed by atoms with Crippen LogP contribution in [0, 0.1) is 18.3 Å². The summed E-state index contributed by atoms with van der Waals surface area (Å²) >= 11 is 0. The van der Waals surface area contributed by atoms with Crippen molar-refractivity contribution in [3.05, 3.63) is 29.3 Å². The SMILES string of the molecule is Cc1ccc(C#N)cc1S(=O)(=O)NC1CCCCNC1. The van der Waals surface area contributed by atoms with E-state index in [1.807, 2.05) is 6.07 Å². The number of sulfonamides is 1. The van der Waals surface area contributed by atoms with Crippen molar-refractivity contribution in [2.75, 3.05) is 13.1 Å². The molecule has 0 spiro atoms. The molecule has 1 aromatic rings. The maximum atomic E-state index is 12.5. The minimum Gasteiger partial charge on any atom is -0.315 e. The second kappa shape index (κ2) is 6.35. The normalized spacial score (nSPS) is 20.1. The molecule has 1 saturated heterocycles. The number of nitriles is 1. The molecule has 2 N–H and O–H groups in total. The van der Waals surface area contributed by atoms with Crippen molar-refractivity contribution in [2.45, 2.75) is 37.1 Å². The molecule has 0 aliphatic carbocycles. The second-order valence-corrected chi connectivity index (χ2v) is 6.79. The lowest BCUT2D eigenvalue weighted by Crippen LogP contribution is -2.41. The largest absolute Gasteiger partial charge is 0.315 e. The zero-order valence-electron chi connectivity index (χ0n) is 11.5. The minimum absolute atomic E-state index is 0.0901. The van der Waals surface area contributed by atoms with Crippen LogP contribution in [-0.4, -0.2) is 27.5 Å². The van der Waals surface area contributed by atoms with Gasteiger partial charge in [0.05, 0.1) is 16.5 Å². The fourth-order valence-corrected chi connectivity index (χ4v) is 3.90. The van der Waals surface area contributed by atoms with Gasteiger partial charge in [0, 0.05) is 12.6 Å². The van der Waals surface area contributed by atoms with Crippen LogP contribution in [0.25, 0.3) is 0 Å². The summed E-state index contributed by atoms with van der Waals surface area (Å²) in [5.74, 6) is 0. The molecule has 5 nitrogen and oxygen atoms in total. The van der Waals surface area contributed by atoms with Gasteiger partial charge >= 0.3 is 0 Å². The topological polar surface area (TPSA) is 82.0 Å². The first-order valence-electron chi connectivity index (χ1n) is 6.77. The minimum atomic E-state index is -3.58. The molecule has 1 unspecified atom stereocenters. The Hall–Kier alpha value is -1.42. The standard InChI is InChI=1S/C14H19N3O2S/c1-11-5-6-12(9-15)8-14(11)20(18,19)17-13-4-2-3-7-16-10-13/h5-6,8,13,16-17H,2-4,7,10H2,1H3. The Kier molecular flexibility index (Phi) is 4.76. The van der Waals surface area contributed by atoms with Crippen LogP contribution in [0.3, 0.4) is 0 Å². The monoisotopic (exact) mass is 293 g/mol. The number of benzene rings is 1. The maximum absolute atomic E-state index is 12.5. The van der Waals surface area contributed by atoms with Crippen LogP contribution in [0.4, 0.5) is 0 Å². The van der Waals surface area contributed by atoms with Crippen molar-refractivity contribution in [3.63, 3.8) is 0 Å². The highest BCUT2D eigenvalue weighted by Gasteiger charge is 2.22. The molecule has 1 aromatic carbocycles. The average molecular weight is 293 g/mol. The van der Waals surface area contributed by atoms with Gasteiger partial charge in [-0.2, -0.15) is 5.26 Å². The van der Waals surface area contributed by atoms with E-state index >= 15 is 0 Å². The van der Waals surface area contributed by atoms with Crippen molar-refractivity contribution < 1.29 is 8.42 Å². The number of nitrogens with one attached hydrogen (secondary N) is 2. The zero-order valence-corrected chi connectivity index (χ0v) is 12.3. The van der Waals surface area contributed by atoms with Gasteiger partial charge in [0.2, 0.25) is 10.0 Å². The molecule has 0 bridgehead atoms. The number of hydrogen-bond acceptors (Lipinski definition) is 4. The molecule has 2 rings (SSSR count). The predicted molar refractivity (Wildman–Crippen MR) is 76.7 cm³/mol. The summed E-state index contributed by atoms with van der Waals surface area (Å²) in [7, 11) is -3.58. The first kappa shape index (κ1) is 15.0. The third-order valence-corrected chi connectivity index (χ3v) is 5.14. The molecule has 6 heteroatoms. The Morgan fingerprint density at radius 2 is 2.20 bits per heavy atom. The highest BCUT2D eigenvalue weighted by molar-refractivity contribution is 7.89. The molecular formula is C14H19N3O2S. The van der Waals surface area contributed by atoms with Gasteiger partial charge in [-0.1, -0.05) is 12.5 Å². The molecule has 20 heavy (non-hydrogen) atoms. The van der Waals surface area contributed by atoms with E-state index in [1.165, 1.54) is 6.07 Å². The lowest BCUT2D eigenvalue weighted by molar-refractivity contribution is 0.521. The Morgan fingerprint density at radius 1 is 1.40 bits per heavy atom. The highest BCUT2D eigenvalue weighted by atomic mass is 32.2. The van der Waals surface area contributed by atoms with Gasteiger partial charge in [0.1, 0.15) is 0 Å². The molecule has 0 saturated carbocycles. The Morgan fingerprint density at radius 3 is 2.95 bits per heavy atom. The molecule has 1 atom stereocenters. The summed E-state index contributed by atoms with van der Waals surface area (Å²) in [6, 6.07) is 6.61. The number of aryl methyl sites for hydroxylation is 1. The van der Waals surface area contributed by atoms with E-state index in [0.717, 1.165) is 25.8 Å². The summed E-state index contributed by atoms with van der Waals surface area (Å²) in [4.78, 5) is 0.195. The van der Waals surface area contributed by atoms with Crippen LogP contribution in [0.5, 0.6) is 0 Å². The van der Waals surface area contributed by atoms with Crippen molar-refractivity contribution in [1.29, 1.82) is 5.26 Å². The van der Waals surface area contributed by atoms with Gasteiger partial charge in [-0.05, 0) is 44.0 Å². The third-order valence-electron chi connectivity index (χ3n) is 3.48. The smallest absolute Gasteiger partial charge is 0.241 e. The van der Waals surface area contributed by atoms with Gasteiger partial charge < -0.3 is 5.32 Å². The quantitative estimate of drug-likeness (QED) is 0.879. The Labute approximate surface area is 120 Å². The van der Waals surface area contributed by atoms with Crippen LogP contribution in [0.1, 0.15) is 30.4 Å². The van der Waals surface area contributed by atoms with E-state index in [0.29, 0.717) is 17.7 Å². The van der Waals surface area contributed by atoms with Gasteiger partial charge in [0.15, 0.2) is 0 Å².